The minimum Gasteiger partial charge on any atom is -0.496 e. The summed E-state index contributed by atoms with van der Waals surface area (Å²) in [7, 11) is 1.47. The van der Waals surface area contributed by atoms with Gasteiger partial charge in [0.2, 0.25) is 0 Å². The summed E-state index contributed by atoms with van der Waals surface area (Å²) in [5.74, 6) is -1.22. The second kappa shape index (κ2) is 11.2. The molecule has 0 spiro atoms. The van der Waals surface area contributed by atoms with Crippen molar-refractivity contribution in [1.29, 1.82) is 0 Å². The van der Waals surface area contributed by atoms with E-state index in [1.165, 1.54) is 7.11 Å². The van der Waals surface area contributed by atoms with Gasteiger partial charge in [0.15, 0.2) is 0 Å². The van der Waals surface area contributed by atoms with Crippen LogP contribution in [0.2, 0.25) is 0 Å². The molecule has 0 heterocycles. The third-order valence-electron chi connectivity index (χ3n) is 7.09. The second-order valence-electron chi connectivity index (χ2n) is 9.58. The van der Waals surface area contributed by atoms with Crippen molar-refractivity contribution in [3.8, 4) is 0 Å². The Balaban J connectivity index is 1.86. The number of alkyl halides is 3. The van der Waals surface area contributed by atoms with Crippen LogP contribution in [0.3, 0.4) is 0 Å². The Hall–Kier alpha value is -3.00. The van der Waals surface area contributed by atoms with Crippen molar-refractivity contribution in [2.24, 2.45) is 5.92 Å². The summed E-state index contributed by atoms with van der Waals surface area (Å²) in [6, 6.07) is 11.0. The van der Waals surface area contributed by atoms with Crippen LogP contribution >= 0.6 is 11.6 Å². The van der Waals surface area contributed by atoms with E-state index in [-0.39, 0.29) is 24.4 Å². The first-order valence-electron chi connectivity index (χ1n) is 12.2. The van der Waals surface area contributed by atoms with E-state index in [0.717, 1.165) is 43.4 Å². The number of carbonyl (C=O) groups excluding carboxylic acids is 1. The largest absolute Gasteiger partial charge is 0.496 e. The quantitative estimate of drug-likeness (QED) is 0.368. The standard InChI is InChI=1S/C28H29ClF4N2O2/c1-37-25-12-11-19(16-24(25)29)27(17-18-7-3-2-4-8-18,35-26(36)34-23-9-5-6-10-23)20-13-21(28(31,32)33)15-22(30)14-20/h2-4,7-8,11-15,19,23H,5-6,9-10,16-17H2,1H3,(H2,34,35,36). The van der Waals surface area contributed by atoms with Crippen molar-refractivity contribution < 1.29 is 27.1 Å². The molecule has 0 aliphatic heterocycles. The van der Waals surface area contributed by atoms with E-state index < -0.39 is 35.0 Å². The summed E-state index contributed by atoms with van der Waals surface area (Å²) < 4.78 is 61.4. The Labute approximate surface area is 218 Å². The lowest BCUT2D eigenvalue weighted by Crippen LogP contribution is -2.56. The molecular formula is C28H29ClF4N2O2. The molecule has 2 aromatic carbocycles. The third-order valence-corrected chi connectivity index (χ3v) is 7.43. The summed E-state index contributed by atoms with van der Waals surface area (Å²) in [5.41, 5.74) is -1.82. The van der Waals surface area contributed by atoms with Gasteiger partial charge in [0, 0.05) is 18.4 Å². The maximum atomic E-state index is 14.8. The highest BCUT2D eigenvalue weighted by Crippen LogP contribution is 2.43. The summed E-state index contributed by atoms with van der Waals surface area (Å²) in [5, 5.41) is 6.31. The smallest absolute Gasteiger partial charge is 0.416 e. The number of benzene rings is 2. The molecule has 37 heavy (non-hydrogen) atoms. The molecule has 2 aromatic rings. The van der Waals surface area contributed by atoms with Gasteiger partial charge in [-0.15, -0.1) is 0 Å². The molecule has 2 atom stereocenters. The maximum absolute atomic E-state index is 14.8. The maximum Gasteiger partial charge on any atom is 0.416 e. The molecule has 9 heteroatoms. The van der Waals surface area contributed by atoms with Crippen molar-refractivity contribution in [2.75, 3.05) is 7.11 Å². The normalized spacial score (nSPS) is 20.0. The monoisotopic (exact) mass is 536 g/mol. The number of allylic oxidation sites excluding steroid dienone is 2. The summed E-state index contributed by atoms with van der Waals surface area (Å²) in [6.07, 6.45) is 2.53. The van der Waals surface area contributed by atoms with Gasteiger partial charge in [0.05, 0.1) is 23.2 Å². The Morgan fingerprint density at radius 1 is 1.08 bits per heavy atom. The molecule has 0 saturated heterocycles. The van der Waals surface area contributed by atoms with E-state index in [0.29, 0.717) is 16.9 Å². The van der Waals surface area contributed by atoms with E-state index in [2.05, 4.69) is 10.6 Å². The molecule has 2 aliphatic rings. The number of rotatable bonds is 7. The number of ether oxygens (including phenoxy) is 1. The molecule has 2 unspecified atom stereocenters. The molecule has 2 N–H and O–H groups in total. The van der Waals surface area contributed by atoms with Crippen molar-refractivity contribution in [1.82, 2.24) is 10.6 Å². The molecule has 2 aliphatic carbocycles. The van der Waals surface area contributed by atoms with Crippen LogP contribution in [0.1, 0.15) is 48.8 Å². The zero-order valence-corrected chi connectivity index (χ0v) is 21.1. The fourth-order valence-electron chi connectivity index (χ4n) is 5.25. The van der Waals surface area contributed by atoms with Crippen molar-refractivity contribution >= 4 is 17.6 Å². The first-order valence-corrected chi connectivity index (χ1v) is 12.6. The predicted octanol–water partition coefficient (Wildman–Crippen LogP) is 7.20. The van der Waals surface area contributed by atoms with Crippen LogP contribution in [0, 0.1) is 11.7 Å². The van der Waals surface area contributed by atoms with Crippen molar-refractivity contribution in [2.45, 2.75) is 56.3 Å². The van der Waals surface area contributed by atoms with Crippen LogP contribution < -0.4 is 10.6 Å². The highest BCUT2D eigenvalue weighted by Gasteiger charge is 2.44. The zero-order chi connectivity index (χ0) is 26.6. The van der Waals surface area contributed by atoms with Crippen molar-refractivity contribution in [3.63, 3.8) is 0 Å². The fraction of sp³-hybridized carbons (Fsp3) is 0.393. The van der Waals surface area contributed by atoms with Gasteiger partial charge < -0.3 is 15.4 Å². The highest BCUT2D eigenvalue weighted by molar-refractivity contribution is 6.30. The molecule has 0 radical (unpaired) electrons. The molecule has 198 valence electrons. The highest BCUT2D eigenvalue weighted by atomic mass is 35.5. The lowest BCUT2D eigenvalue weighted by Gasteiger charge is -2.42. The van der Waals surface area contributed by atoms with Gasteiger partial charge >= 0.3 is 12.2 Å². The SMILES string of the molecule is COC1=C(Cl)CC(C(Cc2ccccc2)(NC(=O)NC2CCCC2)c2cc(F)cc(C(F)(F)F)c2)C=C1. The first kappa shape index (κ1) is 27.0. The van der Waals surface area contributed by atoms with Crippen LogP contribution in [-0.2, 0) is 22.9 Å². The topological polar surface area (TPSA) is 50.4 Å². The number of hydrogen-bond acceptors (Lipinski definition) is 2. The van der Waals surface area contributed by atoms with Crippen LogP contribution in [0.15, 0.2) is 71.5 Å². The van der Waals surface area contributed by atoms with Crippen molar-refractivity contribution in [3.05, 3.63) is 94.0 Å². The second-order valence-corrected chi connectivity index (χ2v) is 10.0. The molecule has 4 rings (SSSR count). The van der Waals surface area contributed by atoms with Crippen LogP contribution in [0.4, 0.5) is 22.4 Å². The van der Waals surface area contributed by atoms with E-state index in [9.17, 15) is 22.4 Å². The number of urea groups is 1. The van der Waals surface area contributed by atoms with E-state index in [1.807, 2.05) is 18.2 Å². The van der Waals surface area contributed by atoms with Gasteiger partial charge in [-0.05, 0) is 54.7 Å². The van der Waals surface area contributed by atoms with Gasteiger partial charge in [-0.1, -0.05) is 60.9 Å². The molecule has 0 bridgehead atoms. The number of hydrogen-bond donors (Lipinski definition) is 2. The predicted molar refractivity (Wildman–Crippen MR) is 134 cm³/mol. The Morgan fingerprint density at radius 2 is 1.76 bits per heavy atom. The van der Waals surface area contributed by atoms with Gasteiger partial charge in [-0.2, -0.15) is 13.2 Å². The van der Waals surface area contributed by atoms with E-state index >= 15 is 0 Å². The third kappa shape index (κ3) is 6.29. The van der Waals surface area contributed by atoms with E-state index in [1.54, 1.807) is 24.3 Å². The number of carbonyl (C=O) groups is 1. The molecule has 0 aromatic heterocycles. The molecule has 4 nitrogen and oxygen atoms in total. The minimum absolute atomic E-state index is 0.00485. The summed E-state index contributed by atoms with van der Waals surface area (Å²) in [4.78, 5) is 13.4. The number of methoxy groups -OCH3 is 1. The average Bonchev–Trinajstić information content (AvgIpc) is 3.36. The van der Waals surface area contributed by atoms with Gasteiger partial charge in [-0.25, -0.2) is 9.18 Å². The van der Waals surface area contributed by atoms with Gasteiger partial charge in [0.25, 0.3) is 0 Å². The average molecular weight is 537 g/mol. The van der Waals surface area contributed by atoms with Gasteiger partial charge in [0.1, 0.15) is 11.6 Å². The molecule has 2 amide bonds. The Morgan fingerprint density at radius 3 is 2.38 bits per heavy atom. The molecule has 1 fully saturated rings. The van der Waals surface area contributed by atoms with Crippen LogP contribution in [0.5, 0.6) is 0 Å². The summed E-state index contributed by atoms with van der Waals surface area (Å²) >= 11 is 6.50. The van der Waals surface area contributed by atoms with Crippen LogP contribution in [-0.4, -0.2) is 19.2 Å². The van der Waals surface area contributed by atoms with E-state index in [4.69, 9.17) is 16.3 Å². The number of amides is 2. The molecule has 1 saturated carbocycles. The summed E-state index contributed by atoms with van der Waals surface area (Å²) in [6.45, 7) is 0. The Kier molecular flexibility index (Phi) is 8.17. The minimum atomic E-state index is -4.77. The molecular weight excluding hydrogens is 508 g/mol. The zero-order valence-electron chi connectivity index (χ0n) is 20.4. The number of nitrogens with one attached hydrogen (secondary N) is 2. The van der Waals surface area contributed by atoms with Gasteiger partial charge in [-0.3, -0.25) is 0 Å². The Bertz CT molecular complexity index is 1180. The lowest BCUT2D eigenvalue weighted by molar-refractivity contribution is -0.137. The first-order chi connectivity index (χ1) is 17.6. The number of halogens is 5. The fourth-order valence-corrected chi connectivity index (χ4v) is 5.56. The van der Waals surface area contributed by atoms with Crippen LogP contribution in [0.25, 0.3) is 0 Å². The lowest BCUT2D eigenvalue weighted by atomic mass is 9.70.